The second kappa shape index (κ2) is 8.69. The highest BCUT2D eigenvalue weighted by atomic mass is 16.5. The number of nitrogens with one attached hydrogen (secondary N) is 2. The number of hydrazine groups is 1. The highest BCUT2D eigenvalue weighted by Crippen LogP contribution is 2.25. The Kier molecular flexibility index (Phi) is 5.87. The van der Waals surface area contributed by atoms with Gasteiger partial charge >= 0.3 is 0 Å². The molecule has 2 aliphatic heterocycles. The van der Waals surface area contributed by atoms with Crippen molar-refractivity contribution in [3.63, 3.8) is 0 Å². The Morgan fingerprint density at radius 3 is 2.67 bits per heavy atom. The molecule has 2 N–H and O–H groups in total. The molecule has 2 aliphatic rings. The van der Waals surface area contributed by atoms with Gasteiger partial charge in [0.15, 0.2) is 0 Å². The van der Waals surface area contributed by atoms with E-state index in [1.165, 1.54) is 5.56 Å². The molecule has 2 unspecified atom stereocenters. The minimum atomic E-state index is -0.189. The molecule has 2 saturated heterocycles. The van der Waals surface area contributed by atoms with E-state index < -0.39 is 0 Å². The Morgan fingerprint density at radius 2 is 1.93 bits per heavy atom. The van der Waals surface area contributed by atoms with Gasteiger partial charge < -0.3 is 14.1 Å². The molecule has 2 atom stereocenters. The Hall–Kier alpha value is -2.15. The van der Waals surface area contributed by atoms with Crippen molar-refractivity contribution in [1.29, 1.82) is 0 Å². The molecule has 6 nitrogen and oxygen atoms in total. The van der Waals surface area contributed by atoms with E-state index in [9.17, 15) is 4.79 Å². The highest BCUT2D eigenvalue weighted by molar-refractivity contribution is 5.82. The van der Waals surface area contributed by atoms with Crippen LogP contribution < -0.4 is 10.9 Å². The van der Waals surface area contributed by atoms with Crippen molar-refractivity contribution in [2.75, 3.05) is 19.7 Å². The largest absolute Gasteiger partial charge is 0.468 e. The summed E-state index contributed by atoms with van der Waals surface area (Å²) in [5, 5.41) is 0. The van der Waals surface area contributed by atoms with Gasteiger partial charge in [0, 0.05) is 19.7 Å². The van der Waals surface area contributed by atoms with Gasteiger partial charge in [0.25, 0.3) is 0 Å². The predicted octanol–water partition coefficient (Wildman–Crippen LogP) is 2.64. The molecular weight excluding hydrogens is 342 g/mol. The molecule has 0 saturated carbocycles. The van der Waals surface area contributed by atoms with Crippen molar-refractivity contribution in [1.82, 2.24) is 15.8 Å². The summed E-state index contributed by atoms with van der Waals surface area (Å²) in [4.78, 5) is 14.8. The van der Waals surface area contributed by atoms with Crippen LogP contribution in [0.5, 0.6) is 0 Å². The molecule has 0 aliphatic carbocycles. The molecule has 144 valence electrons. The number of carbonyl (C=O) groups excluding carboxylic acids is 1. The second-order valence-corrected chi connectivity index (χ2v) is 7.41. The Labute approximate surface area is 159 Å². The van der Waals surface area contributed by atoms with E-state index >= 15 is 0 Å². The summed E-state index contributed by atoms with van der Waals surface area (Å²) in [5.41, 5.74) is 7.50. The molecule has 0 bridgehead atoms. The summed E-state index contributed by atoms with van der Waals surface area (Å²) in [6, 6.07) is 13.9. The molecule has 1 aromatic carbocycles. The zero-order chi connectivity index (χ0) is 18.5. The number of rotatable bonds is 6. The molecule has 2 aromatic rings. The lowest BCUT2D eigenvalue weighted by molar-refractivity contribution is -0.134. The molecule has 2 fully saturated rings. The molecule has 0 spiro atoms. The molecule has 4 rings (SSSR count). The monoisotopic (exact) mass is 369 g/mol. The quantitative estimate of drug-likeness (QED) is 0.819. The summed E-state index contributed by atoms with van der Waals surface area (Å²) in [6.07, 6.45) is 4.38. The molecule has 1 amide bonds. The lowest BCUT2D eigenvalue weighted by Gasteiger charge is -2.33. The van der Waals surface area contributed by atoms with Gasteiger partial charge in [-0.3, -0.25) is 4.79 Å². The van der Waals surface area contributed by atoms with E-state index in [0.29, 0.717) is 18.9 Å². The van der Waals surface area contributed by atoms with Crippen LogP contribution in [-0.2, 0) is 16.1 Å². The van der Waals surface area contributed by atoms with Crippen molar-refractivity contribution < 1.29 is 13.9 Å². The van der Waals surface area contributed by atoms with Gasteiger partial charge in [-0.25, -0.2) is 10.9 Å². The van der Waals surface area contributed by atoms with Crippen molar-refractivity contribution in [3.8, 4) is 0 Å². The van der Waals surface area contributed by atoms with Gasteiger partial charge in [-0.2, -0.15) is 0 Å². The van der Waals surface area contributed by atoms with Crippen molar-refractivity contribution in [3.05, 3.63) is 60.1 Å². The van der Waals surface area contributed by atoms with Crippen LogP contribution in [0.25, 0.3) is 0 Å². The summed E-state index contributed by atoms with van der Waals surface area (Å²) in [7, 11) is 0. The third-order valence-corrected chi connectivity index (χ3v) is 5.48. The van der Waals surface area contributed by atoms with Crippen LogP contribution in [0.15, 0.2) is 53.1 Å². The standard InChI is InChI=1S/C21H27N3O3/c25-21(19-13-18(22-23-19)20-7-4-12-27-20)24-10-8-17(9-11-24)15-26-14-16-5-2-1-3-6-16/h1-7,12,17-19,22-23H,8-11,13-15H2. The number of carbonyl (C=O) groups is 1. The number of nitrogens with zero attached hydrogens (tertiary/aromatic N) is 1. The van der Waals surface area contributed by atoms with Crippen molar-refractivity contribution in [2.24, 2.45) is 5.92 Å². The number of furan rings is 1. The van der Waals surface area contributed by atoms with Gasteiger partial charge in [-0.05, 0) is 42.9 Å². The van der Waals surface area contributed by atoms with E-state index in [1.54, 1.807) is 6.26 Å². The van der Waals surface area contributed by atoms with E-state index in [1.807, 2.05) is 35.2 Å². The lowest BCUT2D eigenvalue weighted by Crippen LogP contribution is -2.48. The maximum atomic E-state index is 12.8. The summed E-state index contributed by atoms with van der Waals surface area (Å²) in [5.74, 6) is 1.58. The van der Waals surface area contributed by atoms with Crippen LogP contribution in [-0.4, -0.2) is 36.5 Å². The number of ether oxygens (including phenoxy) is 1. The van der Waals surface area contributed by atoms with Gasteiger partial charge in [-0.1, -0.05) is 30.3 Å². The first-order valence-electron chi connectivity index (χ1n) is 9.74. The number of hydrogen-bond donors (Lipinski definition) is 2. The van der Waals surface area contributed by atoms with Gasteiger partial charge in [0.2, 0.25) is 5.91 Å². The molecule has 0 radical (unpaired) electrons. The Bertz CT molecular complexity index is 712. The van der Waals surface area contributed by atoms with Crippen LogP contribution >= 0.6 is 0 Å². The summed E-state index contributed by atoms with van der Waals surface area (Å²) < 4.78 is 11.3. The molecule has 1 aromatic heterocycles. The van der Waals surface area contributed by atoms with Crippen LogP contribution in [0.1, 0.15) is 36.6 Å². The highest BCUT2D eigenvalue weighted by Gasteiger charge is 2.35. The number of benzene rings is 1. The topological polar surface area (TPSA) is 66.7 Å². The number of piperidine rings is 1. The van der Waals surface area contributed by atoms with Crippen LogP contribution in [0, 0.1) is 5.92 Å². The maximum absolute atomic E-state index is 12.8. The Balaban J connectivity index is 1.18. The molecular formula is C21H27N3O3. The van der Waals surface area contributed by atoms with E-state index in [2.05, 4.69) is 23.0 Å². The van der Waals surface area contributed by atoms with Crippen LogP contribution in [0.3, 0.4) is 0 Å². The minimum Gasteiger partial charge on any atom is -0.468 e. The maximum Gasteiger partial charge on any atom is 0.241 e. The number of likely N-dealkylation sites (tertiary alicyclic amines) is 1. The third-order valence-electron chi connectivity index (χ3n) is 5.48. The number of hydrogen-bond acceptors (Lipinski definition) is 5. The molecule has 6 heteroatoms. The smallest absolute Gasteiger partial charge is 0.241 e. The first kappa shape index (κ1) is 18.2. The second-order valence-electron chi connectivity index (χ2n) is 7.41. The zero-order valence-corrected chi connectivity index (χ0v) is 15.5. The first-order valence-corrected chi connectivity index (χ1v) is 9.74. The van der Waals surface area contributed by atoms with Crippen molar-refractivity contribution in [2.45, 2.75) is 38.0 Å². The van der Waals surface area contributed by atoms with Crippen LogP contribution in [0.2, 0.25) is 0 Å². The van der Waals surface area contributed by atoms with Gasteiger partial charge in [-0.15, -0.1) is 0 Å². The van der Waals surface area contributed by atoms with E-state index in [-0.39, 0.29) is 18.0 Å². The fraction of sp³-hybridized carbons (Fsp3) is 0.476. The summed E-state index contributed by atoms with van der Waals surface area (Å²) in [6.45, 7) is 3.04. The normalized spacial score (nSPS) is 23.6. The van der Waals surface area contributed by atoms with Gasteiger partial charge in [0.05, 0.1) is 18.9 Å². The third kappa shape index (κ3) is 4.58. The number of amides is 1. The summed E-state index contributed by atoms with van der Waals surface area (Å²) >= 11 is 0. The predicted molar refractivity (Wildman–Crippen MR) is 102 cm³/mol. The average molecular weight is 369 g/mol. The fourth-order valence-electron chi connectivity index (χ4n) is 3.85. The van der Waals surface area contributed by atoms with E-state index in [0.717, 1.165) is 38.3 Å². The lowest BCUT2D eigenvalue weighted by atomic mass is 9.96. The zero-order valence-electron chi connectivity index (χ0n) is 15.5. The fourth-order valence-corrected chi connectivity index (χ4v) is 3.85. The van der Waals surface area contributed by atoms with Gasteiger partial charge in [0.1, 0.15) is 11.8 Å². The average Bonchev–Trinajstić information content (AvgIpc) is 3.41. The SMILES string of the molecule is O=C(C1CC(c2ccco2)NN1)N1CCC(COCc2ccccc2)CC1. The van der Waals surface area contributed by atoms with Crippen LogP contribution in [0.4, 0.5) is 0 Å². The Morgan fingerprint density at radius 1 is 1.11 bits per heavy atom. The first-order chi connectivity index (χ1) is 13.3. The van der Waals surface area contributed by atoms with Crippen molar-refractivity contribution >= 4 is 5.91 Å². The molecule has 3 heterocycles. The molecule has 27 heavy (non-hydrogen) atoms. The minimum absolute atomic E-state index is 0.0536. The van der Waals surface area contributed by atoms with E-state index in [4.69, 9.17) is 9.15 Å².